The number of nitrogens with zero attached hydrogens (tertiary/aromatic N) is 2. The van der Waals surface area contributed by atoms with E-state index in [1.54, 1.807) is 51.0 Å². The molecule has 0 unspecified atom stereocenters. The molecule has 388 valence electrons. The highest BCUT2D eigenvalue weighted by atomic mass is 16.2. The van der Waals surface area contributed by atoms with Gasteiger partial charge in [-0.25, -0.2) is 0 Å². The third-order valence-electron chi connectivity index (χ3n) is 15.2. The van der Waals surface area contributed by atoms with Gasteiger partial charge in [-0.3, -0.25) is 33.6 Å². The van der Waals surface area contributed by atoms with Gasteiger partial charge < -0.3 is 47.0 Å². The fourth-order valence-corrected chi connectivity index (χ4v) is 10.7. The molecule has 1 fully saturated rings. The lowest BCUT2D eigenvalue weighted by atomic mass is 9.83. The van der Waals surface area contributed by atoms with Gasteiger partial charge in [0.25, 0.3) is 5.91 Å². The zero-order chi connectivity index (χ0) is 52.2. The third-order valence-corrected chi connectivity index (χ3v) is 15.2. The van der Waals surface area contributed by atoms with E-state index in [-0.39, 0.29) is 67.6 Å². The molecule has 3 aromatic carbocycles. The summed E-state index contributed by atoms with van der Waals surface area (Å²) in [4.78, 5) is 103. The highest BCUT2D eigenvalue weighted by molar-refractivity contribution is 5.97. The molecule has 3 aromatic rings. The Morgan fingerprint density at radius 1 is 0.583 bits per heavy atom. The molecule has 0 radical (unpaired) electrons. The minimum atomic E-state index is -0.974. The van der Waals surface area contributed by atoms with Gasteiger partial charge in [-0.2, -0.15) is 0 Å². The number of fused-ring (bicyclic) bond motifs is 3. The van der Waals surface area contributed by atoms with Crippen molar-refractivity contribution in [2.24, 2.45) is 10.8 Å². The lowest BCUT2D eigenvalue weighted by Crippen LogP contribution is -2.62. The largest absolute Gasteiger partial charge is 0.347 e. The Kier molecular flexibility index (Phi) is 16.6. The number of amides is 7. The van der Waals surface area contributed by atoms with Crippen molar-refractivity contribution in [1.29, 1.82) is 0 Å². The zero-order valence-corrected chi connectivity index (χ0v) is 43.9. The Balaban J connectivity index is 1.16. The fourth-order valence-electron chi connectivity index (χ4n) is 10.7. The molecular weight excluding hydrogens is 911 g/mol. The molecule has 2 heterocycles. The van der Waals surface area contributed by atoms with Crippen LogP contribution in [-0.2, 0) is 54.6 Å². The van der Waals surface area contributed by atoms with Gasteiger partial charge in [0, 0.05) is 31.1 Å². The van der Waals surface area contributed by atoms with Gasteiger partial charge in [0.2, 0.25) is 35.4 Å². The SMILES string of the molecule is CN[C@@H](C)C(=O)N[C@H](C(=O)N1Cc2ccc(C(=O)N[C@H]3C[C@@H](C(=O)N[C@@H]4CCCc5ccccc54)N(C(=O)[C@@H](NC(=O)[C@H](C)NC)C(C)(C)C)C3)cc2C[C@@H]1C(=O)N[C@@H]1CCCc2ccccc21)C(C)(C)C. The van der Waals surface area contributed by atoms with E-state index in [1.165, 1.54) is 16.0 Å². The van der Waals surface area contributed by atoms with E-state index in [2.05, 4.69) is 49.4 Å². The number of hydrogen-bond donors (Lipinski definition) is 7. The molecule has 0 bridgehead atoms. The first-order valence-corrected chi connectivity index (χ1v) is 25.8. The number of hydrogen-bond acceptors (Lipinski definition) is 9. The van der Waals surface area contributed by atoms with Crippen molar-refractivity contribution < 1.29 is 33.6 Å². The predicted molar refractivity (Wildman–Crippen MR) is 276 cm³/mol. The van der Waals surface area contributed by atoms with Gasteiger partial charge in [-0.15, -0.1) is 0 Å². The standard InChI is InChI=1S/C56H77N9O7/c1-32(57-9)48(66)62-46(55(3,4)5)53(71)64-30-37-26-25-36(27-38(37)28-44(64)51(69)60-42-23-15-19-34-17-11-13-21-40(34)42)50(68)59-39-29-45(52(70)61-43-24-16-20-35-18-12-14-22-41(35)43)65(31-39)54(72)47(56(6,7)8)63-49(67)33(2)58-10/h11-14,17-18,21-22,25-27,32-33,39,42-47,57-58H,15-16,19-20,23-24,28-31H2,1-10H3,(H,59,68)(H,60,69)(H,61,70)(H,62,66)(H,63,67)/t32-,33-,39-,42+,43+,44+,45-,46+,47+/m0/s1. The number of likely N-dealkylation sites (N-methyl/N-ethyl adjacent to an activating group) is 2. The average Bonchev–Trinajstić information content (AvgIpc) is 3.78. The van der Waals surface area contributed by atoms with Gasteiger partial charge in [0.15, 0.2) is 0 Å². The van der Waals surface area contributed by atoms with Crippen LogP contribution in [-0.4, -0.2) is 114 Å². The Hall–Kier alpha value is -6.13. The second-order valence-electron chi connectivity index (χ2n) is 22.5. The molecule has 7 N–H and O–H groups in total. The van der Waals surface area contributed by atoms with Crippen LogP contribution in [0.2, 0.25) is 0 Å². The Labute approximate surface area is 425 Å². The maximum absolute atomic E-state index is 14.9. The topological polar surface area (TPSA) is 210 Å². The van der Waals surface area contributed by atoms with Crippen LogP contribution >= 0.6 is 0 Å². The van der Waals surface area contributed by atoms with Crippen molar-refractivity contribution in [1.82, 2.24) is 47.0 Å². The summed E-state index contributed by atoms with van der Waals surface area (Å²) in [5, 5.41) is 21.4. The van der Waals surface area contributed by atoms with E-state index in [1.807, 2.05) is 77.9 Å². The average molecular weight is 988 g/mol. The van der Waals surface area contributed by atoms with Crippen LogP contribution in [0, 0.1) is 10.8 Å². The normalized spacial score (nSPS) is 22.4. The summed E-state index contributed by atoms with van der Waals surface area (Å²) < 4.78 is 0. The van der Waals surface area contributed by atoms with Crippen molar-refractivity contribution in [3.05, 3.63) is 106 Å². The van der Waals surface area contributed by atoms with Crippen molar-refractivity contribution >= 4 is 41.4 Å². The Morgan fingerprint density at radius 2 is 1.07 bits per heavy atom. The molecule has 0 saturated carbocycles. The quantitative estimate of drug-likeness (QED) is 0.123. The van der Waals surface area contributed by atoms with Gasteiger partial charge >= 0.3 is 0 Å². The lowest BCUT2D eigenvalue weighted by molar-refractivity contribution is -0.147. The summed E-state index contributed by atoms with van der Waals surface area (Å²) in [6, 6.07) is 15.3. The highest BCUT2D eigenvalue weighted by Crippen LogP contribution is 2.34. The maximum Gasteiger partial charge on any atom is 0.251 e. The minimum Gasteiger partial charge on any atom is -0.347 e. The van der Waals surface area contributed by atoms with Crippen molar-refractivity contribution in [3.8, 4) is 0 Å². The van der Waals surface area contributed by atoms with Gasteiger partial charge in [0.05, 0.1) is 24.2 Å². The van der Waals surface area contributed by atoms with Crippen molar-refractivity contribution in [3.63, 3.8) is 0 Å². The zero-order valence-electron chi connectivity index (χ0n) is 43.9. The van der Waals surface area contributed by atoms with Gasteiger partial charge in [-0.05, 0) is 129 Å². The number of rotatable bonds is 14. The van der Waals surface area contributed by atoms with Gasteiger partial charge in [-0.1, -0.05) is 96.1 Å². The second kappa shape index (κ2) is 22.3. The summed E-state index contributed by atoms with van der Waals surface area (Å²) in [6.45, 7) is 14.8. The summed E-state index contributed by atoms with van der Waals surface area (Å²) in [6.07, 6.45) is 5.38. The first kappa shape index (κ1) is 53.7. The van der Waals surface area contributed by atoms with Crippen LogP contribution in [0.1, 0.15) is 143 Å². The molecule has 1 saturated heterocycles. The van der Waals surface area contributed by atoms with Crippen LogP contribution in [0.3, 0.4) is 0 Å². The molecule has 16 heteroatoms. The number of benzene rings is 3. The molecule has 72 heavy (non-hydrogen) atoms. The molecule has 2 aliphatic heterocycles. The summed E-state index contributed by atoms with van der Waals surface area (Å²) in [5.74, 6) is -2.57. The van der Waals surface area contributed by atoms with Gasteiger partial charge in [0.1, 0.15) is 24.2 Å². The van der Waals surface area contributed by atoms with E-state index in [0.717, 1.165) is 60.8 Å². The smallest absolute Gasteiger partial charge is 0.251 e. The van der Waals surface area contributed by atoms with E-state index < -0.39 is 64.9 Å². The molecule has 16 nitrogen and oxygen atoms in total. The molecule has 7 amide bonds. The molecular formula is C56H77N9O7. The number of nitrogens with one attached hydrogen (secondary N) is 7. The van der Waals surface area contributed by atoms with Crippen molar-refractivity contribution in [2.75, 3.05) is 20.6 Å². The number of carbonyl (C=O) groups is 7. The van der Waals surface area contributed by atoms with E-state index in [0.29, 0.717) is 5.56 Å². The Bertz CT molecular complexity index is 2530. The predicted octanol–water partition coefficient (Wildman–Crippen LogP) is 4.30. The van der Waals surface area contributed by atoms with E-state index in [4.69, 9.17) is 0 Å². The van der Waals surface area contributed by atoms with Crippen LogP contribution in [0.15, 0.2) is 66.7 Å². The summed E-state index contributed by atoms with van der Waals surface area (Å²) in [5.41, 5.74) is 4.84. The van der Waals surface area contributed by atoms with E-state index in [9.17, 15) is 33.6 Å². The van der Waals surface area contributed by atoms with Crippen LogP contribution in [0.5, 0.6) is 0 Å². The van der Waals surface area contributed by atoms with Crippen LogP contribution < -0.4 is 37.2 Å². The lowest BCUT2D eigenvalue weighted by Gasteiger charge is -2.42. The van der Waals surface area contributed by atoms with Crippen LogP contribution in [0.25, 0.3) is 0 Å². The minimum absolute atomic E-state index is 0.0288. The fraction of sp³-hybridized carbons (Fsp3) is 0.554. The van der Waals surface area contributed by atoms with Crippen LogP contribution in [0.4, 0.5) is 0 Å². The van der Waals surface area contributed by atoms with Crippen molar-refractivity contribution in [2.45, 2.75) is 168 Å². The molecule has 2 aliphatic carbocycles. The molecule has 4 aliphatic rings. The number of aryl methyl sites for hydroxylation is 2. The molecule has 0 aromatic heterocycles. The maximum atomic E-state index is 14.9. The number of carbonyl (C=O) groups excluding carboxylic acids is 7. The van der Waals surface area contributed by atoms with E-state index >= 15 is 0 Å². The summed E-state index contributed by atoms with van der Waals surface area (Å²) >= 11 is 0. The molecule has 7 rings (SSSR count). The number of likely N-dealkylation sites (tertiary alicyclic amines) is 1. The third kappa shape index (κ3) is 12.0. The monoisotopic (exact) mass is 988 g/mol. The molecule has 9 atom stereocenters. The highest BCUT2D eigenvalue weighted by Gasteiger charge is 2.47. The first-order chi connectivity index (χ1) is 34.1. The summed E-state index contributed by atoms with van der Waals surface area (Å²) in [7, 11) is 3.34. The first-order valence-electron chi connectivity index (χ1n) is 25.8. The Morgan fingerprint density at radius 3 is 1.57 bits per heavy atom. The second-order valence-corrected chi connectivity index (χ2v) is 22.5. The molecule has 0 spiro atoms.